The smallest absolute Gasteiger partial charge is 0.158 e. The van der Waals surface area contributed by atoms with E-state index in [1.165, 1.54) is 16.9 Å². The number of hydrogen-bond donors (Lipinski definition) is 0. The van der Waals surface area contributed by atoms with Gasteiger partial charge in [-0.3, -0.25) is 0 Å². The lowest BCUT2D eigenvalue weighted by Gasteiger charge is -2.61. The minimum absolute atomic E-state index is 0.0445. The van der Waals surface area contributed by atoms with Gasteiger partial charge in [-0.2, -0.15) is 0 Å². The number of para-hydroxylation sites is 1. The zero-order valence-corrected chi connectivity index (χ0v) is 17.9. The molecule has 0 spiro atoms. The number of fused-ring (bicyclic) bond motifs is 5. The van der Waals surface area contributed by atoms with Gasteiger partial charge in [-0.05, 0) is 56.9 Å². The Morgan fingerprint density at radius 3 is 2.32 bits per heavy atom. The van der Waals surface area contributed by atoms with Gasteiger partial charge in [-0.25, -0.2) is 4.98 Å². The van der Waals surface area contributed by atoms with Gasteiger partial charge in [0.1, 0.15) is 6.17 Å². The van der Waals surface area contributed by atoms with E-state index in [0.717, 1.165) is 25.1 Å². The Morgan fingerprint density at radius 2 is 1.71 bits per heavy atom. The molecular weight excluding hydrogens is 342 g/mol. The molecule has 0 bridgehead atoms. The molecule has 0 saturated carbocycles. The molecule has 3 nitrogen and oxygen atoms in total. The second-order valence-corrected chi connectivity index (χ2v) is 8.50. The second-order valence-electron chi connectivity index (χ2n) is 8.50. The Labute approximate surface area is 170 Å². The van der Waals surface area contributed by atoms with Crippen molar-refractivity contribution in [2.75, 3.05) is 9.80 Å². The summed E-state index contributed by atoms with van der Waals surface area (Å²) >= 11 is 0. The molecule has 1 aromatic heterocycles. The lowest BCUT2D eigenvalue weighted by atomic mass is 9.52. The van der Waals surface area contributed by atoms with Crippen molar-refractivity contribution in [2.24, 2.45) is 5.41 Å². The van der Waals surface area contributed by atoms with Gasteiger partial charge < -0.3 is 9.80 Å². The SMILES string of the molecule is C=CC1(CC)c2ccccc2N2c3ncccc3N(C(C)C)C2C1(CC)CC. The highest BCUT2D eigenvalue weighted by molar-refractivity contribution is 5.85. The molecule has 3 heteroatoms. The first-order valence-electron chi connectivity index (χ1n) is 10.8. The lowest BCUT2D eigenvalue weighted by molar-refractivity contribution is 0.0836. The summed E-state index contributed by atoms with van der Waals surface area (Å²) < 4.78 is 0. The van der Waals surface area contributed by atoms with E-state index in [9.17, 15) is 0 Å². The molecule has 4 rings (SSSR count). The molecule has 0 radical (unpaired) electrons. The van der Waals surface area contributed by atoms with Crippen molar-refractivity contribution in [1.82, 2.24) is 4.98 Å². The fourth-order valence-corrected chi connectivity index (χ4v) is 6.27. The van der Waals surface area contributed by atoms with Gasteiger partial charge in [0, 0.05) is 28.8 Å². The summed E-state index contributed by atoms with van der Waals surface area (Å²) in [6.45, 7) is 16.1. The normalized spacial score (nSPS) is 24.7. The third kappa shape index (κ3) is 2.08. The highest BCUT2D eigenvalue weighted by Crippen LogP contribution is 2.64. The number of pyridine rings is 1. The van der Waals surface area contributed by atoms with Gasteiger partial charge in [0.2, 0.25) is 0 Å². The van der Waals surface area contributed by atoms with Crippen LogP contribution in [-0.2, 0) is 5.41 Å². The molecule has 2 unspecified atom stereocenters. The van der Waals surface area contributed by atoms with Crippen molar-refractivity contribution in [3.63, 3.8) is 0 Å². The average molecular weight is 376 g/mol. The predicted molar refractivity (Wildman–Crippen MR) is 119 cm³/mol. The highest BCUT2D eigenvalue weighted by Gasteiger charge is 2.62. The first-order chi connectivity index (χ1) is 13.5. The lowest BCUT2D eigenvalue weighted by Crippen LogP contribution is -2.65. The Bertz CT molecular complexity index is 883. The average Bonchev–Trinajstić information content (AvgIpc) is 3.08. The van der Waals surface area contributed by atoms with Gasteiger partial charge in [0.05, 0.1) is 5.69 Å². The summed E-state index contributed by atoms with van der Waals surface area (Å²) in [6, 6.07) is 13.6. The van der Waals surface area contributed by atoms with Crippen LogP contribution in [0.1, 0.15) is 59.4 Å². The number of aromatic nitrogens is 1. The summed E-state index contributed by atoms with van der Waals surface area (Å²) in [5.41, 5.74) is 3.91. The molecular formula is C25H33N3. The summed E-state index contributed by atoms with van der Waals surface area (Å²) in [5, 5.41) is 0. The van der Waals surface area contributed by atoms with Crippen molar-refractivity contribution < 1.29 is 0 Å². The minimum atomic E-state index is -0.0660. The molecule has 0 N–H and O–H groups in total. The third-order valence-electron chi connectivity index (χ3n) is 7.53. The third-order valence-corrected chi connectivity index (χ3v) is 7.53. The zero-order chi connectivity index (χ0) is 20.1. The van der Waals surface area contributed by atoms with E-state index in [1.54, 1.807) is 0 Å². The predicted octanol–water partition coefficient (Wildman–Crippen LogP) is 6.43. The molecule has 1 aromatic carbocycles. The molecule has 28 heavy (non-hydrogen) atoms. The van der Waals surface area contributed by atoms with Crippen LogP contribution in [0, 0.1) is 5.41 Å². The molecule has 148 valence electrons. The van der Waals surface area contributed by atoms with E-state index in [2.05, 4.69) is 93.5 Å². The first-order valence-corrected chi connectivity index (χ1v) is 10.8. The van der Waals surface area contributed by atoms with Crippen LogP contribution in [0.15, 0.2) is 55.3 Å². The van der Waals surface area contributed by atoms with E-state index in [4.69, 9.17) is 4.98 Å². The maximum absolute atomic E-state index is 4.87. The van der Waals surface area contributed by atoms with Crippen LogP contribution in [0.3, 0.4) is 0 Å². The van der Waals surface area contributed by atoms with Gasteiger partial charge >= 0.3 is 0 Å². The highest BCUT2D eigenvalue weighted by atomic mass is 15.5. The summed E-state index contributed by atoms with van der Waals surface area (Å²) in [7, 11) is 0. The Hall–Kier alpha value is -2.29. The quantitative estimate of drug-likeness (QED) is 0.561. The van der Waals surface area contributed by atoms with Crippen molar-refractivity contribution in [2.45, 2.75) is 71.5 Å². The maximum atomic E-state index is 4.87. The van der Waals surface area contributed by atoms with Crippen molar-refractivity contribution >= 4 is 17.2 Å². The molecule has 2 aliphatic heterocycles. The van der Waals surface area contributed by atoms with Crippen LogP contribution in [0.5, 0.6) is 0 Å². The van der Waals surface area contributed by atoms with Crippen LogP contribution >= 0.6 is 0 Å². The topological polar surface area (TPSA) is 19.4 Å². The van der Waals surface area contributed by atoms with Crippen LogP contribution in [0.25, 0.3) is 0 Å². The number of nitrogens with zero attached hydrogens (tertiary/aromatic N) is 3. The molecule has 2 aliphatic rings. The maximum Gasteiger partial charge on any atom is 0.158 e. The number of hydrogen-bond acceptors (Lipinski definition) is 3. The first kappa shape index (κ1) is 19.0. The van der Waals surface area contributed by atoms with Gasteiger partial charge in [0.15, 0.2) is 5.82 Å². The van der Waals surface area contributed by atoms with Crippen LogP contribution in [0.4, 0.5) is 17.2 Å². The standard InChI is InChI=1S/C25H33N3/c1-7-24(8-2)19-14-11-12-15-20(19)28-22-21(16-13-17-26-22)27(18(5)6)23(28)25(24,9-3)10-4/h7,11-18,23H,1,8-10H2,2-6H3. The summed E-state index contributed by atoms with van der Waals surface area (Å²) in [6.07, 6.45) is 7.66. The number of allylic oxidation sites excluding steroid dienone is 1. The number of anilines is 3. The molecule has 2 atom stereocenters. The van der Waals surface area contributed by atoms with Crippen LogP contribution < -0.4 is 9.80 Å². The zero-order valence-electron chi connectivity index (χ0n) is 17.9. The molecule has 2 aromatic rings. The minimum Gasteiger partial charge on any atom is -0.345 e. The van der Waals surface area contributed by atoms with Gasteiger partial charge in [-0.15, -0.1) is 6.58 Å². The summed E-state index contributed by atoms with van der Waals surface area (Å²) in [4.78, 5) is 10.0. The second kappa shape index (κ2) is 6.65. The van der Waals surface area contributed by atoms with Crippen molar-refractivity contribution in [3.8, 4) is 0 Å². The summed E-state index contributed by atoms with van der Waals surface area (Å²) in [5.74, 6) is 1.09. The van der Waals surface area contributed by atoms with E-state index in [-0.39, 0.29) is 17.0 Å². The fourth-order valence-electron chi connectivity index (χ4n) is 6.27. The van der Waals surface area contributed by atoms with Crippen molar-refractivity contribution in [3.05, 3.63) is 60.8 Å². The molecule has 0 fully saturated rings. The number of rotatable bonds is 5. The Kier molecular flexibility index (Phi) is 4.52. The molecule has 3 heterocycles. The van der Waals surface area contributed by atoms with Gasteiger partial charge in [0.25, 0.3) is 0 Å². The van der Waals surface area contributed by atoms with Crippen LogP contribution in [0.2, 0.25) is 0 Å². The molecule has 0 saturated heterocycles. The Morgan fingerprint density at radius 1 is 1.04 bits per heavy atom. The number of benzene rings is 1. The van der Waals surface area contributed by atoms with Crippen molar-refractivity contribution in [1.29, 1.82) is 0 Å². The van der Waals surface area contributed by atoms with E-state index >= 15 is 0 Å². The largest absolute Gasteiger partial charge is 0.345 e. The monoisotopic (exact) mass is 375 g/mol. The molecule has 0 aliphatic carbocycles. The van der Waals surface area contributed by atoms with E-state index < -0.39 is 0 Å². The van der Waals surface area contributed by atoms with E-state index in [0.29, 0.717) is 6.04 Å². The Balaban J connectivity index is 2.13. The molecule has 0 amide bonds. The van der Waals surface area contributed by atoms with Crippen LogP contribution in [-0.4, -0.2) is 17.2 Å². The van der Waals surface area contributed by atoms with E-state index in [1.807, 2.05) is 6.20 Å². The fraction of sp³-hybridized carbons (Fsp3) is 0.480. The van der Waals surface area contributed by atoms with Gasteiger partial charge in [-0.1, -0.05) is 45.0 Å².